The number of hydrogen-bond acceptors (Lipinski definition) is 1. The number of hydrogen-bond donors (Lipinski definition) is 1. The monoisotopic (exact) mass is 469 g/mol. The second-order valence-corrected chi connectivity index (χ2v) is 6.95. The Labute approximate surface area is 175 Å². The summed E-state index contributed by atoms with van der Waals surface area (Å²) in [6.45, 7) is 15.2. The molecule has 1 N–H and O–H groups in total. The quantitative estimate of drug-likeness (QED) is 0.461. The maximum atomic E-state index is 3.63. The van der Waals surface area contributed by atoms with Crippen LogP contribution in [0.25, 0.3) is 0 Å². The van der Waals surface area contributed by atoms with Gasteiger partial charge in [0.1, 0.15) is 18.8 Å². The van der Waals surface area contributed by atoms with Gasteiger partial charge in [-0.3, -0.25) is 4.99 Å². The minimum absolute atomic E-state index is 0. The van der Waals surface area contributed by atoms with Crippen molar-refractivity contribution in [3.63, 3.8) is 0 Å². The molecule has 1 aliphatic rings. The minimum Gasteiger partial charge on any atom is -1.00 e. The van der Waals surface area contributed by atoms with Crippen LogP contribution in [0.3, 0.4) is 0 Å². The molecule has 2 aromatic carbocycles. The van der Waals surface area contributed by atoms with E-state index in [1.807, 2.05) is 0 Å². The summed E-state index contributed by atoms with van der Waals surface area (Å²) in [5.41, 5.74) is 10.8. The molecule has 0 saturated carbocycles. The number of rotatable bonds is 2. The number of benzene rings is 2. The minimum atomic E-state index is 0. The molecule has 0 aliphatic carbocycles. The maximum Gasteiger partial charge on any atom is 0.283 e. The third kappa shape index (κ3) is 4.20. The number of nitrogens with zero attached hydrogens (tertiary/aromatic N) is 1. The Morgan fingerprint density at radius 1 is 0.760 bits per heavy atom. The third-order valence-electron chi connectivity index (χ3n) is 4.72. The number of amidine groups is 1. The molecule has 2 nitrogen and oxygen atoms in total. The second-order valence-electron chi connectivity index (χ2n) is 6.95. The highest BCUT2D eigenvalue weighted by Crippen LogP contribution is 2.29. The normalized spacial score (nSPS) is 13.2. The topological polar surface area (TPSA) is 17.2 Å². The fourth-order valence-corrected chi connectivity index (χ4v) is 4.09. The van der Waals surface area contributed by atoms with Gasteiger partial charge in [0.05, 0.1) is 5.56 Å². The molecular weight excluding hydrogens is 443 g/mol. The molecule has 0 spiro atoms. The summed E-state index contributed by atoms with van der Waals surface area (Å²) in [5.74, 6) is 1.26. The van der Waals surface area contributed by atoms with Crippen LogP contribution >= 0.6 is 0 Å². The van der Waals surface area contributed by atoms with Gasteiger partial charge in [0.25, 0.3) is 5.84 Å². The lowest BCUT2D eigenvalue weighted by Gasteiger charge is -2.20. The Bertz CT molecular complexity index is 766. The zero-order valence-electron chi connectivity index (χ0n) is 15.9. The van der Waals surface area contributed by atoms with Crippen LogP contribution < -0.4 is 46.3 Å². The summed E-state index contributed by atoms with van der Waals surface area (Å²) in [5, 5.41) is 0. The fourth-order valence-electron chi connectivity index (χ4n) is 4.09. The summed E-state index contributed by atoms with van der Waals surface area (Å²) in [6, 6.07) is 9.13. The van der Waals surface area contributed by atoms with E-state index in [0.29, 0.717) is 0 Å². The molecule has 136 valence electrons. The number of nitrogens with one attached hydrogen (secondary N) is 1. The number of halogens is 2. The van der Waals surface area contributed by atoms with Crippen LogP contribution in [-0.4, -0.2) is 18.9 Å². The highest BCUT2D eigenvalue weighted by atomic mass is 127. The average molecular weight is 470 g/mol. The van der Waals surface area contributed by atoms with Crippen molar-refractivity contribution in [2.24, 2.45) is 0 Å². The van der Waals surface area contributed by atoms with Gasteiger partial charge in [0.2, 0.25) is 0 Å². The maximum absolute atomic E-state index is 3.63. The SMILES string of the molecule is Cc1cc(C)c(C2=[NH+]CCN2c2c(C)cc(C)cc2C)c(C)c1.[Cl-].[I-]. The van der Waals surface area contributed by atoms with Crippen molar-refractivity contribution in [1.29, 1.82) is 0 Å². The van der Waals surface area contributed by atoms with E-state index in [2.05, 4.69) is 75.7 Å². The van der Waals surface area contributed by atoms with E-state index in [9.17, 15) is 0 Å². The Morgan fingerprint density at radius 3 is 1.68 bits per heavy atom. The first-order valence-corrected chi connectivity index (χ1v) is 8.43. The van der Waals surface area contributed by atoms with Crippen molar-refractivity contribution in [2.75, 3.05) is 18.0 Å². The Hall–Kier alpha value is -1.07. The lowest BCUT2D eigenvalue weighted by molar-refractivity contribution is -0.443. The molecule has 0 radical (unpaired) electrons. The van der Waals surface area contributed by atoms with Gasteiger partial charge in [-0.15, -0.1) is 0 Å². The van der Waals surface area contributed by atoms with E-state index in [1.165, 1.54) is 50.5 Å². The largest absolute Gasteiger partial charge is 1.00 e. The van der Waals surface area contributed by atoms with Crippen molar-refractivity contribution in [2.45, 2.75) is 41.5 Å². The van der Waals surface area contributed by atoms with Crippen molar-refractivity contribution in [3.8, 4) is 0 Å². The van der Waals surface area contributed by atoms with Crippen LogP contribution in [0, 0.1) is 41.5 Å². The van der Waals surface area contributed by atoms with Gasteiger partial charge in [0, 0.05) is 0 Å². The molecule has 1 heterocycles. The molecule has 0 aromatic heterocycles. The highest BCUT2D eigenvalue weighted by Gasteiger charge is 2.32. The van der Waals surface area contributed by atoms with Gasteiger partial charge in [0.15, 0.2) is 0 Å². The Morgan fingerprint density at radius 2 is 1.20 bits per heavy atom. The summed E-state index contributed by atoms with van der Waals surface area (Å²) in [6.07, 6.45) is 0. The molecule has 0 saturated heterocycles. The van der Waals surface area contributed by atoms with E-state index in [-0.39, 0.29) is 36.4 Å². The third-order valence-corrected chi connectivity index (χ3v) is 4.72. The lowest BCUT2D eigenvalue weighted by Crippen LogP contribution is -3.00. The van der Waals surface area contributed by atoms with Crippen LogP contribution in [0.1, 0.15) is 38.9 Å². The molecule has 0 atom stereocenters. The smallest absolute Gasteiger partial charge is 0.283 e. The van der Waals surface area contributed by atoms with Crippen LogP contribution in [0.15, 0.2) is 24.3 Å². The van der Waals surface area contributed by atoms with Gasteiger partial charge in [-0.1, -0.05) is 35.4 Å². The molecule has 0 fully saturated rings. The molecule has 4 heteroatoms. The lowest BCUT2D eigenvalue weighted by atomic mass is 9.97. The predicted octanol–water partition coefficient (Wildman–Crippen LogP) is -3.11. The van der Waals surface area contributed by atoms with Crippen LogP contribution in [0.2, 0.25) is 0 Å². The highest BCUT2D eigenvalue weighted by molar-refractivity contribution is 6.09. The molecule has 0 unspecified atom stereocenters. The molecular formula is C21H27ClIN2-. The molecule has 1 aliphatic heterocycles. The fraction of sp³-hybridized carbons (Fsp3) is 0.381. The number of aryl methyl sites for hydroxylation is 6. The second kappa shape index (κ2) is 8.54. The molecule has 0 bridgehead atoms. The average Bonchev–Trinajstić information content (AvgIpc) is 2.85. The Balaban J connectivity index is 0.00000156. The summed E-state index contributed by atoms with van der Waals surface area (Å²) < 4.78 is 0. The zero-order chi connectivity index (χ0) is 16.7. The Kier molecular flexibility index (Phi) is 7.51. The molecule has 25 heavy (non-hydrogen) atoms. The first-order valence-electron chi connectivity index (χ1n) is 8.43. The van der Waals surface area contributed by atoms with E-state index in [4.69, 9.17) is 0 Å². The van der Waals surface area contributed by atoms with Gasteiger partial charge in [-0.25, -0.2) is 4.90 Å². The summed E-state index contributed by atoms with van der Waals surface area (Å²) in [4.78, 5) is 6.10. The van der Waals surface area contributed by atoms with Gasteiger partial charge in [-0.2, -0.15) is 0 Å². The standard InChI is InChI=1S/C21H26N2.ClH.HI/c1-13-9-15(3)19(16(4)10-13)21-22-7-8-23(21)20-17(5)11-14(2)12-18(20)6;;/h9-12H,7-8H2,1-6H3;2*1H/p-1. The van der Waals surface area contributed by atoms with Gasteiger partial charge >= 0.3 is 0 Å². The molecule has 0 amide bonds. The molecule has 2 aromatic rings. The van der Waals surface area contributed by atoms with E-state index in [0.717, 1.165) is 13.1 Å². The number of anilines is 1. The first-order chi connectivity index (χ1) is 10.9. The van der Waals surface area contributed by atoms with Crippen molar-refractivity contribution >= 4 is 11.5 Å². The summed E-state index contributed by atoms with van der Waals surface area (Å²) in [7, 11) is 0. The van der Waals surface area contributed by atoms with Crippen molar-refractivity contribution < 1.29 is 41.4 Å². The van der Waals surface area contributed by atoms with E-state index < -0.39 is 0 Å². The van der Waals surface area contributed by atoms with E-state index in [1.54, 1.807) is 0 Å². The zero-order valence-corrected chi connectivity index (χ0v) is 18.8. The van der Waals surface area contributed by atoms with Crippen LogP contribution in [-0.2, 0) is 0 Å². The predicted molar refractivity (Wildman–Crippen MR) is 98.6 cm³/mol. The van der Waals surface area contributed by atoms with Crippen LogP contribution in [0.4, 0.5) is 5.69 Å². The van der Waals surface area contributed by atoms with Gasteiger partial charge < -0.3 is 36.4 Å². The molecule has 3 rings (SSSR count). The van der Waals surface area contributed by atoms with Gasteiger partial charge in [-0.05, 0) is 63.8 Å². The van der Waals surface area contributed by atoms with E-state index >= 15 is 0 Å². The van der Waals surface area contributed by atoms with Crippen LogP contribution in [0.5, 0.6) is 0 Å². The van der Waals surface area contributed by atoms with Crippen molar-refractivity contribution in [3.05, 3.63) is 63.2 Å². The summed E-state index contributed by atoms with van der Waals surface area (Å²) >= 11 is 0. The first kappa shape index (κ1) is 22.0. The van der Waals surface area contributed by atoms with Crippen molar-refractivity contribution in [1.82, 2.24) is 0 Å².